The zero-order chi connectivity index (χ0) is 11.6. The van der Waals surface area contributed by atoms with Gasteiger partial charge in [0.2, 0.25) is 0 Å². The Kier molecular flexibility index (Phi) is 4.99. The molecule has 0 rings (SSSR count). The molecule has 0 aromatic heterocycles. The van der Waals surface area contributed by atoms with E-state index >= 15 is 0 Å². The summed E-state index contributed by atoms with van der Waals surface area (Å²) in [6.07, 6.45) is 0. The standard InChI is InChI=1S/H5O10P3S/c1-11(2,3)8-12(4,5)9-13(6,7)10-14/h14H,(H,4,5)(H,6,7)(H2,1,2,3). The van der Waals surface area contributed by atoms with E-state index < -0.39 is 23.5 Å². The van der Waals surface area contributed by atoms with Crippen LogP contribution in [-0.2, 0) is 26.3 Å². The van der Waals surface area contributed by atoms with Gasteiger partial charge in [0.25, 0.3) is 0 Å². The number of hydrogen-bond acceptors (Lipinski definition) is 7. The van der Waals surface area contributed by atoms with Gasteiger partial charge in [0.05, 0.1) is 0 Å². The Hall–Kier alpha value is 0.760. The molecule has 10 nitrogen and oxygen atoms in total. The lowest BCUT2D eigenvalue weighted by Gasteiger charge is -2.13. The molecule has 0 aromatic rings. The third-order valence-corrected chi connectivity index (χ3v) is 4.67. The van der Waals surface area contributed by atoms with Gasteiger partial charge in [-0.05, 0) is 12.9 Å². The van der Waals surface area contributed by atoms with Crippen molar-refractivity contribution in [3.8, 4) is 0 Å². The summed E-state index contributed by atoms with van der Waals surface area (Å²) in [6.45, 7) is 0. The molecule has 0 aromatic carbocycles. The average Bonchev–Trinajstić information content (AvgIpc) is 1.78. The summed E-state index contributed by atoms with van der Waals surface area (Å²) in [5, 5.41) is 0. The highest BCUT2D eigenvalue weighted by atomic mass is 32.1. The van der Waals surface area contributed by atoms with Crippen molar-refractivity contribution in [2.24, 2.45) is 0 Å². The van der Waals surface area contributed by atoms with Crippen LogP contribution in [0, 0.1) is 0 Å². The second-order valence-corrected chi connectivity index (χ2v) is 6.49. The molecule has 0 amide bonds. The van der Waals surface area contributed by atoms with Gasteiger partial charge < -0.3 is 19.6 Å². The second kappa shape index (κ2) is 4.73. The fraction of sp³-hybridized carbons (Fsp3) is 0. The summed E-state index contributed by atoms with van der Waals surface area (Å²) in [5.74, 6) is 0. The SMILES string of the molecule is O=P(O)(O)OP(=O)(O)OP(=O)(O)OS. The molecule has 0 saturated heterocycles. The summed E-state index contributed by atoms with van der Waals surface area (Å²) < 4.78 is 41.0. The molecule has 14 heteroatoms. The molecular formula is H5O10P3S. The summed E-state index contributed by atoms with van der Waals surface area (Å²) in [5.41, 5.74) is 0. The van der Waals surface area contributed by atoms with Crippen molar-refractivity contribution in [3.05, 3.63) is 0 Å². The van der Waals surface area contributed by atoms with Gasteiger partial charge in [-0.15, -0.1) is 0 Å². The zero-order valence-corrected chi connectivity index (χ0v) is 9.60. The first-order valence-electron chi connectivity index (χ1n) is 2.44. The minimum atomic E-state index is -5.40. The minimum Gasteiger partial charge on any atom is -0.302 e. The molecule has 0 bridgehead atoms. The van der Waals surface area contributed by atoms with Crippen molar-refractivity contribution in [3.63, 3.8) is 0 Å². The van der Waals surface area contributed by atoms with Crippen LogP contribution in [0.2, 0.25) is 0 Å². The van der Waals surface area contributed by atoms with Gasteiger partial charge in [-0.1, -0.05) is 0 Å². The summed E-state index contributed by atoms with van der Waals surface area (Å²) >= 11 is 2.80. The van der Waals surface area contributed by atoms with Crippen LogP contribution in [0.4, 0.5) is 0 Å². The Balaban J connectivity index is 4.60. The second-order valence-electron chi connectivity index (χ2n) is 1.67. The Bertz CT molecular complexity index is 324. The monoisotopic (exact) mass is 290 g/mol. The molecule has 0 aliphatic carbocycles. The third kappa shape index (κ3) is 7.10. The molecule has 0 aliphatic rings. The highest BCUT2D eigenvalue weighted by Gasteiger charge is 2.40. The van der Waals surface area contributed by atoms with Crippen molar-refractivity contribution in [1.29, 1.82) is 0 Å². The van der Waals surface area contributed by atoms with Crippen LogP contribution in [-0.4, -0.2) is 19.6 Å². The first-order valence-corrected chi connectivity index (χ1v) is 7.33. The molecule has 14 heavy (non-hydrogen) atoms. The lowest BCUT2D eigenvalue weighted by atomic mass is 15.7. The first kappa shape index (κ1) is 14.8. The Morgan fingerprint density at radius 3 is 1.57 bits per heavy atom. The van der Waals surface area contributed by atoms with Gasteiger partial charge in [-0.25, -0.2) is 17.7 Å². The van der Waals surface area contributed by atoms with E-state index in [1.165, 1.54) is 0 Å². The molecule has 0 spiro atoms. The molecule has 0 fully saturated rings. The quantitative estimate of drug-likeness (QED) is 0.268. The average molecular weight is 290 g/mol. The maximum absolute atomic E-state index is 10.6. The zero-order valence-electron chi connectivity index (χ0n) is 6.03. The Morgan fingerprint density at radius 2 is 1.29 bits per heavy atom. The van der Waals surface area contributed by atoms with Crippen LogP contribution >= 0.6 is 36.4 Å². The van der Waals surface area contributed by atoms with Crippen molar-refractivity contribution in [2.45, 2.75) is 0 Å². The molecule has 2 unspecified atom stereocenters. The van der Waals surface area contributed by atoms with Gasteiger partial charge in [0.1, 0.15) is 0 Å². The van der Waals surface area contributed by atoms with E-state index in [9.17, 15) is 13.7 Å². The maximum atomic E-state index is 10.6. The predicted molar refractivity (Wildman–Crippen MR) is 43.9 cm³/mol. The largest absolute Gasteiger partial charge is 0.492 e. The van der Waals surface area contributed by atoms with Crippen LogP contribution < -0.4 is 0 Å². The van der Waals surface area contributed by atoms with Gasteiger partial charge in [0.15, 0.2) is 0 Å². The van der Waals surface area contributed by atoms with E-state index in [2.05, 4.69) is 25.5 Å². The third-order valence-electron chi connectivity index (χ3n) is 0.519. The van der Waals surface area contributed by atoms with Gasteiger partial charge in [-0.2, -0.15) is 8.62 Å². The Labute approximate surface area is 82.9 Å². The summed E-state index contributed by atoms with van der Waals surface area (Å²) in [4.78, 5) is 33.1. The van der Waals surface area contributed by atoms with Gasteiger partial charge in [0, 0.05) is 0 Å². The molecule has 4 N–H and O–H groups in total. The van der Waals surface area contributed by atoms with Crippen LogP contribution in [0.25, 0.3) is 0 Å². The fourth-order valence-corrected chi connectivity index (χ4v) is 3.19. The molecule has 86 valence electrons. The molecule has 0 heterocycles. The molecule has 2 atom stereocenters. The number of thiol groups is 1. The summed E-state index contributed by atoms with van der Waals surface area (Å²) in [7, 11) is -15.7. The molecule has 0 radical (unpaired) electrons. The van der Waals surface area contributed by atoms with E-state index in [0.717, 1.165) is 0 Å². The van der Waals surface area contributed by atoms with Crippen molar-refractivity contribution in [2.75, 3.05) is 0 Å². The molecule has 0 saturated carbocycles. The Morgan fingerprint density at radius 1 is 0.857 bits per heavy atom. The van der Waals surface area contributed by atoms with E-state index in [0.29, 0.717) is 0 Å². The van der Waals surface area contributed by atoms with Crippen molar-refractivity contribution in [1.82, 2.24) is 0 Å². The highest BCUT2D eigenvalue weighted by molar-refractivity contribution is 7.81. The number of hydrogen-bond donors (Lipinski definition) is 5. The first-order chi connectivity index (χ1) is 5.97. The maximum Gasteiger partial charge on any atom is 0.492 e. The number of rotatable bonds is 5. The lowest BCUT2D eigenvalue weighted by Crippen LogP contribution is -1.92. The smallest absolute Gasteiger partial charge is 0.302 e. The number of phosphoric acid groups is 3. The summed E-state index contributed by atoms with van der Waals surface area (Å²) in [6, 6.07) is 0. The topological polar surface area (TPSA) is 160 Å². The van der Waals surface area contributed by atoms with Crippen molar-refractivity contribution < 1.29 is 45.9 Å². The highest BCUT2D eigenvalue weighted by Crippen LogP contribution is 2.66. The van der Waals surface area contributed by atoms with Crippen LogP contribution in [0.15, 0.2) is 0 Å². The van der Waals surface area contributed by atoms with Crippen LogP contribution in [0.3, 0.4) is 0 Å². The lowest BCUT2D eigenvalue weighted by molar-refractivity contribution is 0.210. The van der Waals surface area contributed by atoms with E-state index in [1.54, 1.807) is 0 Å². The predicted octanol–water partition coefficient (Wildman–Crippen LogP) is 0.174. The van der Waals surface area contributed by atoms with E-state index in [1.807, 2.05) is 0 Å². The normalized spacial score (nSPS) is 21.2. The van der Waals surface area contributed by atoms with E-state index in [-0.39, 0.29) is 0 Å². The van der Waals surface area contributed by atoms with Crippen molar-refractivity contribution >= 4 is 36.4 Å². The van der Waals surface area contributed by atoms with Gasteiger partial charge >= 0.3 is 23.5 Å². The van der Waals surface area contributed by atoms with Crippen LogP contribution in [0.1, 0.15) is 0 Å². The molecular weight excluding hydrogens is 285 g/mol. The fourth-order valence-electron chi connectivity index (χ4n) is 0.295. The van der Waals surface area contributed by atoms with Crippen LogP contribution in [0.5, 0.6) is 0 Å². The molecule has 0 aliphatic heterocycles. The van der Waals surface area contributed by atoms with E-state index in [4.69, 9.17) is 19.6 Å². The van der Waals surface area contributed by atoms with Gasteiger partial charge in [-0.3, -0.25) is 0 Å². The minimum absolute atomic E-state index is 2.80.